The van der Waals surface area contributed by atoms with E-state index in [9.17, 15) is 4.79 Å². The van der Waals surface area contributed by atoms with Gasteiger partial charge in [-0.15, -0.1) is 0 Å². The van der Waals surface area contributed by atoms with Crippen molar-refractivity contribution in [2.24, 2.45) is 17.8 Å². The van der Waals surface area contributed by atoms with Crippen molar-refractivity contribution in [3.05, 3.63) is 0 Å². The van der Waals surface area contributed by atoms with Crippen molar-refractivity contribution in [3.8, 4) is 0 Å². The molecule has 4 unspecified atom stereocenters. The number of thioether (sulfide) groups is 1. The number of hydrogen-bond donors (Lipinski definition) is 0. The molecule has 0 saturated heterocycles. The Morgan fingerprint density at radius 3 is 2.56 bits per heavy atom. The maximum absolute atomic E-state index is 12.0. The Morgan fingerprint density at radius 1 is 1.31 bits per heavy atom. The van der Waals surface area contributed by atoms with E-state index in [4.69, 9.17) is 0 Å². The molecule has 2 heteroatoms. The highest BCUT2D eigenvalue weighted by atomic mass is 32.2. The zero-order valence-electron chi connectivity index (χ0n) is 11.2. The molecule has 0 radical (unpaired) electrons. The second kappa shape index (κ2) is 6.68. The topological polar surface area (TPSA) is 17.1 Å². The summed E-state index contributed by atoms with van der Waals surface area (Å²) in [5, 5.41) is 0.629. The molecule has 94 valence electrons. The maximum atomic E-state index is 12.0. The van der Waals surface area contributed by atoms with Crippen LogP contribution in [0, 0.1) is 17.8 Å². The largest absolute Gasteiger partial charge is 0.298 e. The molecule has 0 N–H and O–H groups in total. The lowest BCUT2D eigenvalue weighted by atomic mass is 9.74. The molecule has 4 atom stereocenters. The third kappa shape index (κ3) is 4.12. The third-order valence-corrected chi connectivity index (χ3v) is 5.49. The first-order chi connectivity index (χ1) is 7.54. The smallest absolute Gasteiger partial charge is 0.145 e. The van der Waals surface area contributed by atoms with Crippen molar-refractivity contribution in [3.63, 3.8) is 0 Å². The standard InChI is InChI=1S/C14H26OS/c1-5-12(4)16-9-14(15)13-7-6-10(2)11(3)8-13/h10-13H,5-9H2,1-4H3. The van der Waals surface area contributed by atoms with Gasteiger partial charge in [-0.05, 0) is 37.5 Å². The molecule has 0 heterocycles. The van der Waals surface area contributed by atoms with Crippen LogP contribution in [0.4, 0.5) is 0 Å². The van der Waals surface area contributed by atoms with Gasteiger partial charge in [0.2, 0.25) is 0 Å². The lowest BCUT2D eigenvalue weighted by Crippen LogP contribution is -2.27. The van der Waals surface area contributed by atoms with Gasteiger partial charge in [0.05, 0.1) is 5.75 Å². The van der Waals surface area contributed by atoms with Crippen LogP contribution in [0.25, 0.3) is 0 Å². The van der Waals surface area contributed by atoms with Gasteiger partial charge in [-0.3, -0.25) is 4.79 Å². The monoisotopic (exact) mass is 242 g/mol. The number of rotatable bonds is 5. The van der Waals surface area contributed by atoms with Crippen LogP contribution < -0.4 is 0 Å². The van der Waals surface area contributed by atoms with Crippen LogP contribution in [-0.4, -0.2) is 16.8 Å². The summed E-state index contributed by atoms with van der Waals surface area (Å²) in [6.45, 7) is 9.02. The Balaban J connectivity index is 2.32. The van der Waals surface area contributed by atoms with Crippen molar-refractivity contribution in [2.45, 2.75) is 58.6 Å². The predicted molar refractivity (Wildman–Crippen MR) is 72.9 cm³/mol. The maximum Gasteiger partial charge on any atom is 0.145 e. The molecular formula is C14H26OS. The average Bonchev–Trinajstić information content (AvgIpc) is 2.29. The van der Waals surface area contributed by atoms with Crippen LogP contribution >= 0.6 is 11.8 Å². The van der Waals surface area contributed by atoms with E-state index in [1.54, 1.807) is 0 Å². The Hall–Kier alpha value is 0.0200. The number of carbonyl (C=O) groups is 1. The summed E-state index contributed by atoms with van der Waals surface area (Å²) in [4.78, 5) is 12.0. The van der Waals surface area contributed by atoms with E-state index in [1.165, 1.54) is 6.42 Å². The summed E-state index contributed by atoms with van der Waals surface area (Å²) in [6.07, 6.45) is 4.66. The number of Topliss-reactive ketones (excluding diaryl/α,β-unsaturated/α-hetero) is 1. The molecule has 0 aromatic carbocycles. The number of carbonyl (C=O) groups excluding carboxylic acids is 1. The van der Waals surface area contributed by atoms with Gasteiger partial charge in [0.25, 0.3) is 0 Å². The minimum absolute atomic E-state index is 0.364. The summed E-state index contributed by atoms with van der Waals surface area (Å²) < 4.78 is 0. The molecule has 16 heavy (non-hydrogen) atoms. The number of ketones is 1. The van der Waals surface area contributed by atoms with Crippen molar-refractivity contribution in [1.82, 2.24) is 0 Å². The summed E-state index contributed by atoms with van der Waals surface area (Å²) in [7, 11) is 0. The van der Waals surface area contributed by atoms with Gasteiger partial charge in [0, 0.05) is 11.2 Å². The summed E-state index contributed by atoms with van der Waals surface area (Å²) in [5.74, 6) is 3.15. The Labute approximate surface area is 105 Å². The van der Waals surface area contributed by atoms with E-state index >= 15 is 0 Å². The van der Waals surface area contributed by atoms with Gasteiger partial charge >= 0.3 is 0 Å². The zero-order valence-corrected chi connectivity index (χ0v) is 12.0. The van der Waals surface area contributed by atoms with Crippen LogP contribution in [0.3, 0.4) is 0 Å². The van der Waals surface area contributed by atoms with E-state index < -0.39 is 0 Å². The highest BCUT2D eigenvalue weighted by Crippen LogP contribution is 2.34. The van der Waals surface area contributed by atoms with Gasteiger partial charge in [-0.1, -0.05) is 27.7 Å². The molecule has 0 aromatic heterocycles. The number of hydrogen-bond acceptors (Lipinski definition) is 2. The van der Waals surface area contributed by atoms with E-state index in [0.29, 0.717) is 17.0 Å². The Morgan fingerprint density at radius 2 is 2.00 bits per heavy atom. The highest BCUT2D eigenvalue weighted by Gasteiger charge is 2.28. The lowest BCUT2D eigenvalue weighted by molar-refractivity contribution is -0.122. The quantitative estimate of drug-likeness (QED) is 0.720. The fraction of sp³-hybridized carbons (Fsp3) is 0.929. The molecule has 0 spiro atoms. The Kier molecular flexibility index (Phi) is 5.88. The Bertz CT molecular complexity index is 227. The SMILES string of the molecule is CCC(C)SCC(=O)C1CCC(C)C(C)C1. The molecular weight excluding hydrogens is 216 g/mol. The van der Waals surface area contributed by atoms with Gasteiger partial charge < -0.3 is 0 Å². The van der Waals surface area contributed by atoms with E-state index in [0.717, 1.165) is 36.9 Å². The molecule has 1 aliphatic carbocycles. The fourth-order valence-corrected chi connectivity index (χ4v) is 3.22. The first kappa shape index (κ1) is 14.1. The van der Waals surface area contributed by atoms with E-state index in [2.05, 4.69) is 27.7 Å². The summed E-state index contributed by atoms with van der Waals surface area (Å²) in [5.41, 5.74) is 0. The van der Waals surface area contributed by atoms with E-state index in [-0.39, 0.29) is 0 Å². The first-order valence-electron chi connectivity index (χ1n) is 6.68. The normalized spacial score (nSPS) is 32.4. The molecule has 1 rings (SSSR count). The molecule has 1 nitrogen and oxygen atoms in total. The van der Waals surface area contributed by atoms with Crippen LogP contribution in [0.5, 0.6) is 0 Å². The molecule has 1 aliphatic rings. The first-order valence-corrected chi connectivity index (χ1v) is 7.73. The predicted octanol–water partition coefficient (Wildman–Crippen LogP) is 4.16. The van der Waals surface area contributed by atoms with Gasteiger partial charge in [-0.25, -0.2) is 0 Å². The van der Waals surface area contributed by atoms with Gasteiger partial charge in [0.15, 0.2) is 0 Å². The van der Waals surface area contributed by atoms with Crippen LogP contribution in [0.15, 0.2) is 0 Å². The molecule has 0 aliphatic heterocycles. The van der Waals surface area contributed by atoms with Crippen LogP contribution in [0.2, 0.25) is 0 Å². The van der Waals surface area contributed by atoms with Crippen molar-refractivity contribution < 1.29 is 4.79 Å². The minimum atomic E-state index is 0.364. The zero-order chi connectivity index (χ0) is 12.1. The van der Waals surface area contributed by atoms with Crippen molar-refractivity contribution in [2.75, 3.05) is 5.75 Å². The fourth-order valence-electron chi connectivity index (χ4n) is 2.30. The van der Waals surface area contributed by atoms with Crippen molar-refractivity contribution >= 4 is 17.5 Å². The average molecular weight is 242 g/mol. The molecule has 0 amide bonds. The molecule has 0 bridgehead atoms. The second-order valence-electron chi connectivity index (χ2n) is 5.46. The summed E-state index contributed by atoms with van der Waals surface area (Å²) >= 11 is 1.83. The summed E-state index contributed by atoms with van der Waals surface area (Å²) in [6, 6.07) is 0. The minimum Gasteiger partial charge on any atom is -0.298 e. The highest BCUT2D eigenvalue weighted by molar-refractivity contribution is 8.00. The second-order valence-corrected chi connectivity index (χ2v) is 6.89. The third-order valence-electron chi connectivity index (χ3n) is 4.14. The molecule has 1 fully saturated rings. The van der Waals surface area contributed by atoms with Crippen molar-refractivity contribution in [1.29, 1.82) is 0 Å². The van der Waals surface area contributed by atoms with Crippen LogP contribution in [0.1, 0.15) is 53.4 Å². The van der Waals surface area contributed by atoms with Gasteiger partial charge in [0.1, 0.15) is 5.78 Å². The molecule has 0 aromatic rings. The van der Waals surface area contributed by atoms with Crippen LogP contribution in [-0.2, 0) is 4.79 Å². The molecule has 1 saturated carbocycles. The lowest BCUT2D eigenvalue weighted by Gasteiger charge is -2.31. The van der Waals surface area contributed by atoms with E-state index in [1.807, 2.05) is 11.8 Å². The van der Waals surface area contributed by atoms with Gasteiger partial charge in [-0.2, -0.15) is 11.8 Å².